The molecule has 0 radical (unpaired) electrons. The summed E-state index contributed by atoms with van der Waals surface area (Å²) in [5, 5.41) is 7.53. The molecule has 0 aliphatic heterocycles. The number of nitrogen functional groups attached to an aromatic ring is 1. The molecule has 0 spiro atoms. The van der Waals surface area contributed by atoms with Gasteiger partial charge in [0.15, 0.2) is 0 Å². The van der Waals surface area contributed by atoms with Crippen molar-refractivity contribution in [1.29, 1.82) is 0 Å². The minimum Gasteiger partial charge on any atom is -0.395 e. The zero-order valence-corrected chi connectivity index (χ0v) is 13.4. The van der Waals surface area contributed by atoms with Crippen LogP contribution in [0, 0.1) is 6.92 Å². The van der Waals surface area contributed by atoms with Gasteiger partial charge in [-0.05, 0) is 41.9 Å². The van der Waals surface area contributed by atoms with Crippen molar-refractivity contribution in [2.24, 2.45) is 0 Å². The van der Waals surface area contributed by atoms with Gasteiger partial charge < -0.3 is 11.1 Å². The summed E-state index contributed by atoms with van der Waals surface area (Å²) in [6, 6.07) is 5.24. The van der Waals surface area contributed by atoms with Gasteiger partial charge in [-0.2, -0.15) is 5.10 Å². The first-order valence-corrected chi connectivity index (χ1v) is 7.21. The quantitative estimate of drug-likeness (QED) is 0.883. The highest BCUT2D eigenvalue weighted by molar-refractivity contribution is 9.10. The molecule has 2 rings (SSSR count). The van der Waals surface area contributed by atoms with Crippen molar-refractivity contribution in [3.63, 3.8) is 0 Å². The van der Waals surface area contributed by atoms with Crippen LogP contribution < -0.4 is 11.1 Å². The second-order valence-corrected chi connectivity index (χ2v) is 5.42. The smallest absolute Gasteiger partial charge is 0.276 e. The molecule has 0 saturated heterocycles. The lowest BCUT2D eigenvalue weighted by atomic mass is 10.2. The molecule has 5 nitrogen and oxygen atoms in total. The van der Waals surface area contributed by atoms with E-state index in [1.165, 1.54) is 0 Å². The number of nitrogens with zero attached hydrogens (tertiary/aromatic N) is 2. The fourth-order valence-electron chi connectivity index (χ4n) is 1.85. The summed E-state index contributed by atoms with van der Waals surface area (Å²) in [5.41, 5.74) is 7.90. The number of hydrogen-bond acceptors (Lipinski definition) is 3. The number of halogens is 2. The van der Waals surface area contributed by atoms with Gasteiger partial charge in [-0.3, -0.25) is 9.48 Å². The van der Waals surface area contributed by atoms with E-state index in [0.717, 1.165) is 0 Å². The molecule has 7 heteroatoms. The number of aryl methyl sites for hydroxylation is 2. The molecule has 1 heterocycles. The van der Waals surface area contributed by atoms with Crippen LogP contribution in [0.1, 0.15) is 23.1 Å². The fraction of sp³-hybridized carbons (Fsp3) is 0.231. The lowest BCUT2D eigenvalue weighted by Gasteiger charge is -2.10. The number of aromatic nitrogens is 2. The summed E-state index contributed by atoms with van der Waals surface area (Å²) in [5.74, 6) is -0.312. The van der Waals surface area contributed by atoms with Crippen LogP contribution in [0.5, 0.6) is 0 Å². The predicted molar refractivity (Wildman–Crippen MR) is 84.2 cm³/mol. The lowest BCUT2D eigenvalue weighted by Crippen LogP contribution is -2.19. The normalized spacial score (nSPS) is 10.6. The summed E-state index contributed by atoms with van der Waals surface area (Å²) in [4.78, 5) is 12.4. The highest BCUT2D eigenvalue weighted by Gasteiger charge is 2.20. The van der Waals surface area contributed by atoms with Crippen molar-refractivity contribution in [1.82, 2.24) is 9.78 Å². The Morgan fingerprint density at radius 3 is 2.90 bits per heavy atom. The first-order valence-electron chi connectivity index (χ1n) is 6.04. The van der Waals surface area contributed by atoms with Crippen molar-refractivity contribution in [3.8, 4) is 0 Å². The summed E-state index contributed by atoms with van der Waals surface area (Å²) in [6.45, 7) is 4.24. The van der Waals surface area contributed by atoms with Crippen LogP contribution in [0.15, 0.2) is 22.7 Å². The maximum Gasteiger partial charge on any atom is 0.276 e. The molecule has 106 valence electrons. The Morgan fingerprint density at radius 1 is 1.55 bits per heavy atom. The molecule has 3 N–H and O–H groups in total. The van der Waals surface area contributed by atoms with E-state index in [0.29, 0.717) is 38.8 Å². The van der Waals surface area contributed by atoms with Crippen molar-refractivity contribution < 1.29 is 4.79 Å². The third kappa shape index (κ3) is 2.66. The Labute approximate surface area is 130 Å². The van der Waals surface area contributed by atoms with Gasteiger partial charge in [0, 0.05) is 6.54 Å². The number of amides is 1. The topological polar surface area (TPSA) is 72.9 Å². The average molecular weight is 358 g/mol. The minimum atomic E-state index is -0.312. The molecule has 0 unspecified atom stereocenters. The van der Waals surface area contributed by atoms with Crippen LogP contribution in [0.4, 0.5) is 11.4 Å². The summed E-state index contributed by atoms with van der Waals surface area (Å²) < 4.78 is 2.21. The summed E-state index contributed by atoms with van der Waals surface area (Å²) in [7, 11) is 0. The minimum absolute atomic E-state index is 0.312. The molecule has 0 fully saturated rings. The SMILES string of the molecule is CCn1nc(C)c(N)c1C(=O)Nc1cccc(Cl)c1Br. The maximum atomic E-state index is 12.4. The van der Waals surface area contributed by atoms with Gasteiger partial charge in [0.1, 0.15) is 5.69 Å². The highest BCUT2D eigenvalue weighted by atomic mass is 79.9. The lowest BCUT2D eigenvalue weighted by molar-refractivity contribution is 0.101. The Bertz CT molecular complexity index is 669. The van der Waals surface area contributed by atoms with E-state index in [9.17, 15) is 4.79 Å². The number of nitrogens with two attached hydrogens (primary N) is 1. The third-order valence-electron chi connectivity index (χ3n) is 2.89. The van der Waals surface area contributed by atoms with Crippen LogP contribution in [-0.4, -0.2) is 15.7 Å². The first kappa shape index (κ1) is 14.9. The van der Waals surface area contributed by atoms with Crippen LogP contribution in [0.2, 0.25) is 5.02 Å². The zero-order valence-electron chi connectivity index (χ0n) is 11.1. The van der Waals surface area contributed by atoms with E-state index in [4.69, 9.17) is 17.3 Å². The van der Waals surface area contributed by atoms with Crippen molar-refractivity contribution >= 4 is 44.8 Å². The van der Waals surface area contributed by atoms with Gasteiger partial charge >= 0.3 is 0 Å². The fourth-order valence-corrected chi connectivity index (χ4v) is 2.38. The molecule has 0 bridgehead atoms. The van der Waals surface area contributed by atoms with Crippen LogP contribution in [0.3, 0.4) is 0 Å². The van der Waals surface area contributed by atoms with Gasteiger partial charge in [0.2, 0.25) is 0 Å². The maximum absolute atomic E-state index is 12.4. The first-order chi connectivity index (χ1) is 9.45. The van der Waals surface area contributed by atoms with Gasteiger partial charge in [0.05, 0.1) is 26.6 Å². The van der Waals surface area contributed by atoms with E-state index in [1.54, 1.807) is 29.8 Å². The van der Waals surface area contributed by atoms with Crippen LogP contribution >= 0.6 is 27.5 Å². The molecule has 0 saturated carbocycles. The molecule has 0 aliphatic carbocycles. The number of rotatable bonds is 3. The number of nitrogens with one attached hydrogen (secondary N) is 1. The Kier molecular flexibility index (Phi) is 4.35. The standard InChI is InChI=1S/C13H14BrClN4O/c1-3-19-12(11(16)7(2)18-19)13(20)17-9-6-4-5-8(15)10(9)14/h4-6H,3,16H2,1-2H3,(H,17,20). The number of carbonyl (C=O) groups excluding carboxylic acids is 1. The molecule has 0 aliphatic rings. The summed E-state index contributed by atoms with van der Waals surface area (Å²) >= 11 is 9.34. The van der Waals surface area contributed by atoms with Crippen molar-refractivity contribution in [2.45, 2.75) is 20.4 Å². The van der Waals surface area contributed by atoms with Gasteiger partial charge in [-0.1, -0.05) is 17.7 Å². The zero-order chi connectivity index (χ0) is 14.9. The Morgan fingerprint density at radius 2 is 2.25 bits per heavy atom. The van der Waals surface area contributed by atoms with E-state index in [1.807, 2.05) is 6.92 Å². The largest absolute Gasteiger partial charge is 0.395 e. The van der Waals surface area contributed by atoms with Gasteiger partial charge in [-0.25, -0.2) is 0 Å². The average Bonchev–Trinajstić information content (AvgIpc) is 2.70. The van der Waals surface area contributed by atoms with Gasteiger partial charge in [0.25, 0.3) is 5.91 Å². The molecule has 1 aromatic heterocycles. The number of benzene rings is 1. The molecular formula is C13H14BrClN4O. The number of carbonyl (C=O) groups is 1. The number of hydrogen-bond donors (Lipinski definition) is 2. The molecule has 2 aromatic rings. The molecular weight excluding hydrogens is 344 g/mol. The number of anilines is 2. The molecule has 1 amide bonds. The highest BCUT2D eigenvalue weighted by Crippen LogP contribution is 2.30. The van der Waals surface area contributed by atoms with E-state index in [2.05, 4.69) is 26.3 Å². The van der Waals surface area contributed by atoms with E-state index >= 15 is 0 Å². The molecule has 1 aromatic carbocycles. The summed E-state index contributed by atoms with van der Waals surface area (Å²) in [6.07, 6.45) is 0. The molecule has 20 heavy (non-hydrogen) atoms. The molecule has 0 atom stereocenters. The van der Waals surface area contributed by atoms with Crippen molar-refractivity contribution in [2.75, 3.05) is 11.1 Å². The third-order valence-corrected chi connectivity index (χ3v) is 4.29. The second kappa shape index (κ2) is 5.85. The van der Waals surface area contributed by atoms with Crippen LogP contribution in [0.25, 0.3) is 0 Å². The second-order valence-electron chi connectivity index (χ2n) is 4.22. The Balaban J connectivity index is 2.36. The van der Waals surface area contributed by atoms with E-state index < -0.39 is 0 Å². The monoisotopic (exact) mass is 356 g/mol. The van der Waals surface area contributed by atoms with E-state index in [-0.39, 0.29) is 5.91 Å². The van der Waals surface area contributed by atoms with Crippen LogP contribution in [-0.2, 0) is 6.54 Å². The predicted octanol–water partition coefficient (Wildman–Crippen LogP) is 3.46. The van der Waals surface area contributed by atoms with Gasteiger partial charge in [-0.15, -0.1) is 0 Å². The van der Waals surface area contributed by atoms with Crippen molar-refractivity contribution in [3.05, 3.63) is 39.1 Å². The Hall–Kier alpha value is -1.53.